The average Bonchev–Trinajstić information content (AvgIpc) is 2.63. The lowest BCUT2D eigenvalue weighted by molar-refractivity contribution is 0.600. The maximum Gasteiger partial charge on any atom is 0.267 e. The van der Waals surface area contributed by atoms with E-state index in [-0.39, 0.29) is 10.7 Å². The second-order valence-electron chi connectivity index (χ2n) is 4.94. The van der Waals surface area contributed by atoms with Crippen LogP contribution in [0.3, 0.4) is 0 Å². The molecule has 0 aliphatic heterocycles. The van der Waals surface area contributed by atoms with Gasteiger partial charge in [-0.15, -0.1) is 0 Å². The summed E-state index contributed by atoms with van der Waals surface area (Å²) >= 11 is 0. The highest BCUT2D eigenvalue weighted by Crippen LogP contribution is 2.29. The minimum Gasteiger partial charge on any atom is -0.381 e. The Bertz CT molecular complexity index is 765. The lowest BCUT2D eigenvalue weighted by atomic mass is 10.2. The van der Waals surface area contributed by atoms with Crippen LogP contribution < -0.4 is 15.4 Å². The van der Waals surface area contributed by atoms with Crippen LogP contribution >= 0.6 is 0 Å². The molecular formula is C13H19N5O2S. The van der Waals surface area contributed by atoms with Gasteiger partial charge in [0.1, 0.15) is 0 Å². The SMILES string of the molecule is Cc1c(S(=O)(=O)Nc2ccccc2N(C)C)c(N)nn1C. The summed E-state index contributed by atoms with van der Waals surface area (Å²) in [7, 11) is 1.54. The van der Waals surface area contributed by atoms with Crippen LogP contribution in [0.25, 0.3) is 0 Å². The number of nitrogens with two attached hydrogens (primary N) is 1. The van der Waals surface area contributed by atoms with Crippen LogP contribution in [0.4, 0.5) is 17.2 Å². The van der Waals surface area contributed by atoms with Gasteiger partial charge in [0.05, 0.1) is 17.1 Å². The van der Waals surface area contributed by atoms with E-state index in [9.17, 15) is 8.42 Å². The molecule has 0 atom stereocenters. The minimum atomic E-state index is -3.79. The highest BCUT2D eigenvalue weighted by Gasteiger charge is 2.25. The number of benzene rings is 1. The Balaban J connectivity index is 2.48. The van der Waals surface area contributed by atoms with Crippen molar-refractivity contribution >= 4 is 27.2 Å². The first kappa shape index (κ1) is 15.2. The van der Waals surface area contributed by atoms with Crippen molar-refractivity contribution in [2.75, 3.05) is 29.5 Å². The van der Waals surface area contributed by atoms with E-state index in [1.54, 1.807) is 26.1 Å². The van der Waals surface area contributed by atoms with Gasteiger partial charge in [-0.05, 0) is 19.1 Å². The van der Waals surface area contributed by atoms with Gasteiger partial charge in [-0.1, -0.05) is 12.1 Å². The molecule has 0 spiro atoms. The molecule has 7 nitrogen and oxygen atoms in total. The van der Waals surface area contributed by atoms with Crippen LogP contribution in [0, 0.1) is 6.92 Å². The molecule has 1 heterocycles. The molecule has 2 rings (SSSR count). The fourth-order valence-corrected chi connectivity index (χ4v) is 3.49. The number of nitrogens with one attached hydrogen (secondary N) is 1. The molecule has 0 aliphatic rings. The summed E-state index contributed by atoms with van der Waals surface area (Å²) in [6.45, 7) is 1.66. The standard InChI is InChI=1S/C13H19N5O2S/c1-9-12(13(14)15-18(9)4)21(19,20)16-10-7-5-6-8-11(10)17(2)3/h5-8,16H,1-4H3,(H2,14,15). The Morgan fingerprint density at radius 1 is 1.29 bits per heavy atom. The summed E-state index contributed by atoms with van der Waals surface area (Å²) in [5.74, 6) is -0.00941. The van der Waals surface area contributed by atoms with Crippen molar-refractivity contribution in [2.45, 2.75) is 11.8 Å². The third-order valence-electron chi connectivity index (χ3n) is 3.20. The Morgan fingerprint density at radius 3 is 2.43 bits per heavy atom. The smallest absolute Gasteiger partial charge is 0.267 e. The average molecular weight is 309 g/mol. The summed E-state index contributed by atoms with van der Waals surface area (Å²) in [6, 6.07) is 7.15. The number of nitrogens with zero attached hydrogens (tertiary/aromatic N) is 3. The van der Waals surface area contributed by atoms with Crippen LogP contribution in [-0.4, -0.2) is 32.3 Å². The van der Waals surface area contributed by atoms with Crippen LogP contribution in [-0.2, 0) is 17.1 Å². The number of anilines is 3. The highest BCUT2D eigenvalue weighted by molar-refractivity contribution is 7.93. The lowest BCUT2D eigenvalue weighted by Crippen LogP contribution is -2.18. The van der Waals surface area contributed by atoms with E-state index in [4.69, 9.17) is 5.73 Å². The van der Waals surface area contributed by atoms with Crippen molar-refractivity contribution in [3.8, 4) is 0 Å². The van der Waals surface area contributed by atoms with Crippen LogP contribution in [0.1, 0.15) is 5.69 Å². The van der Waals surface area contributed by atoms with E-state index >= 15 is 0 Å². The van der Waals surface area contributed by atoms with E-state index in [1.165, 1.54) is 4.68 Å². The van der Waals surface area contributed by atoms with E-state index in [2.05, 4.69) is 9.82 Å². The summed E-state index contributed by atoms with van der Waals surface area (Å²) < 4.78 is 29.2. The Kier molecular flexibility index (Phi) is 3.82. The van der Waals surface area contributed by atoms with Gasteiger partial charge in [0.2, 0.25) is 0 Å². The molecule has 21 heavy (non-hydrogen) atoms. The summed E-state index contributed by atoms with van der Waals surface area (Å²) in [5.41, 5.74) is 7.46. The Morgan fingerprint density at radius 2 is 1.90 bits per heavy atom. The second-order valence-corrected chi connectivity index (χ2v) is 6.56. The van der Waals surface area contributed by atoms with Gasteiger partial charge in [-0.25, -0.2) is 8.42 Å². The Hall–Kier alpha value is -2.22. The van der Waals surface area contributed by atoms with Crippen LogP contribution in [0.2, 0.25) is 0 Å². The topological polar surface area (TPSA) is 93.2 Å². The van der Waals surface area contributed by atoms with Gasteiger partial charge in [0.15, 0.2) is 10.7 Å². The highest BCUT2D eigenvalue weighted by atomic mass is 32.2. The Labute approximate surface area is 124 Å². The molecule has 2 aromatic rings. The summed E-state index contributed by atoms with van der Waals surface area (Å²) in [6.07, 6.45) is 0. The predicted octanol–water partition coefficient (Wildman–Crippen LogP) is 1.18. The van der Waals surface area contributed by atoms with Crippen molar-refractivity contribution in [2.24, 2.45) is 7.05 Å². The maximum absolute atomic E-state index is 12.6. The molecule has 0 fully saturated rings. The zero-order valence-corrected chi connectivity index (χ0v) is 13.3. The molecule has 0 bridgehead atoms. The fraction of sp³-hybridized carbons (Fsp3) is 0.308. The van der Waals surface area contributed by atoms with Crippen LogP contribution in [0.5, 0.6) is 0 Å². The lowest BCUT2D eigenvalue weighted by Gasteiger charge is -2.18. The first-order valence-corrected chi connectivity index (χ1v) is 7.80. The van der Waals surface area contributed by atoms with Crippen molar-refractivity contribution in [1.82, 2.24) is 9.78 Å². The van der Waals surface area contributed by atoms with E-state index in [1.807, 2.05) is 31.1 Å². The van der Waals surface area contributed by atoms with Crippen molar-refractivity contribution < 1.29 is 8.42 Å². The largest absolute Gasteiger partial charge is 0.381 e. The minimum absolute atomic E-state index is 0.00941. The third kappa shape index (κ3) is 2.80. The van der Waals surface area contributed by atoms with Gasteiger partial charge in [-0.2, -0.15) is 5.10 Å². The number of hydrogen-bond acceptors (Lipinski definition) is 5. The number of aromatic nitrogens is 2. The monoisotopic (exact) mass is 309 g/mol. The predicted molar refractivity (Wildman–Crippen MR) is 83.9 cm³/mol. The number of para-hydroxylation sites is 2. The molecule has 0 unspecified atom stereocenters. The van der Waals surface area contributed by atoms with Gasteiger partial charge < -0.3 is 10.6 Å². The molecule has 0 saturated carbocycles. The molecule has 1 aromatic heterocycles. The second kappa shape index (κ2) is 5.28. The van der Waals surface area contributed by atoms with Gasteiger partial charge >= 0.3 is 0 Å². The zero-order chi connectivity index (χ0) is 15.8. The number of sulfonamides is 1. The molecule has 8 heteroatoms. The summed E-state index contributed by atoms with van der Waals surface area (Å²) in [5, 5.41) is 3.94. The number of aryl methyl sites for hydroxylation is 1. The molecule has 114 valence electrons. The van der Waals surface area contributed by atoms with Crippen molar-refractivity contribution in [3.63, 3.8) is 0 Å². The van der Waals surface area contributed by atoms with E-state index in [0.717, 1.165) is 5.69 Å². The quantitative estimate of drug-likeness (QED) is 0.884. The molecule has 1 aromatic carbocycles. The number of rotatable bonds is 4. The molecule has 0 radical (unpaired) electrons. The first-order chi connectivity index (χ1) is 9.74. The number of nitrogen functional groups attached to an aromatic ring is 1. The maximum atomic E-state index is 12.6. The zero-order valence-electron chi connectivity index (χ0n) is 12.5. The molecule has 0 aliphatic carbocycles. The van der Waals surface area contributed by atoms with Gasteiger partial charge in [0, 0.05) is 21.1 Å². The van der Waals surface area contributed by atoms with Crippen molar-refractivity contribution in [3.05, 3.63) is 30.0 Å². The fourth-order valence-electron chi connectivity index (χ4n) is 2.09. The normalized spacial score (nSPS) is 11.4. The van der Waals surface area contributed by atoms with E-state index < -0.39 is 10.0 Å². The third-order valence-corrected chi connectivity index (χ3v) is 4.73. The first-order valence-electron chi connectivity index (χ1n) is 6.32. The molecule has 0 amide bonds. The summed E-state index contributed by atoms with van der Waals surface area (Å²) in [4.78, 5) is 1.84. The molecular weight excluding hydrogens is 290 g/mol. The van der Waals surface area contributed by atoms with Gasteiger partial charge in [0.25, 0.3) is 10.0 Å². The number of hydrogen-bond donors (Lipinski definition) is 2. The van der Waals surface area contributed by atoms with Crippen LogP contribution in [0.15, 0.2) is 29.2 Å². The van der Waals surface area contributed by atoms with Gasteiger partial charge in [-0.3, -0.25) is 9.40 Å². The van der Waals surface area contributed by atoms with E-state index in [0.29, 0.717) is 11.4 Å². The molecule has 3 N–H and O–H groups in total. The van der Waals surface area contributed by atoms with Crippen molar-refractivity contribution in [1.29, 1.82) is 0 Å². The molecule has 0 saturated heterocycles.